The molecule has 0 fully saturated rings. The van der Waals surface area contributed by atoms with Gasteiger partial charge in [0.1, 0.15) is 0 Å². The fraction of sp³-hybridized carbons (Fsp3) is 0.647. The van der Waals surface area contributed by atoms with Crippen molar-refractivity contribution >= 4 is 11.6 Å². The molecule has 0 amide bonds. The molecule has 1 aromatic rings. The third kappa shape index (κ3) is 7.28. The first-order valence-electron chi connectivity index (χ1n) is 7.93. The van der Waals surface area contributed by atoms with Crippen molar-refractivity contribution in [2.45, 2.75) is 32.7 Å². The lowest BCUT2D eigenvalue weighted by atomic mass is 10.0. The zero-order valence-electron chi connectivity index (χ0n) is 13.6. The molecule has 1 rings (SSSR count). The summed E-state index contributed by atoms with van der Waals surface area (Å²) in [5, 5.41) is 4.46. The highest BCUT2D eigenvalue weighted by molar-refractivity contribution is 6.31. The van der Waals surface area contributed by atoms with Crippen LogP contribution in [0.5, 0.6) is 0 Å². The summed E-state index contributed by atoms with van der Waals surface area (Å²) in [6, 6.07) is 8.44. The summed E-state index contributed by atoms with van der Waals surface area (Å²) in [5.41, 5.74) is 1.20. The average Bonchev–Trinajstić information content (AvgIpc) is 2.49. The van der Waals surface area contributed by atoms with Gasteiger partial charge >= 0.3 is 0 Å². The molecule has 0 saturated carbocycles. The monoisotopic (exact) mass is 312 g/mol. The second kappa shape index (κ2) is 11.0. The van der Waals surface area contributed by atoms with Gasteiger partial charge in [0.2, 0.25) is 0 Å². The molecular weight excluding hydrogens is 284 g/mol. The Hall–Kier alpha value is -0.610. The van der Waals surface area contributed by atoms with Gasteiger partial charge in [-0.3, -0.25) is 0 Å². The van der Waals surface area contributed by atoms with E-state index in [0.717, 1.165) is 50.7 Å². The topological polar surface area (TPSA) is 24.5 Å². The molecule has 1 N–H and O–H groups in total. The van der Waals surface area contributed by atoms with Crippen molar-refractivity contribution in [2.24, 2.45) is 0 Å². The van der Waals surface area contributed by atoms with Crippen LogP contribution in [-0.2, 0) is 4.74 Å². The van der Waals surface area contributed by atoms with Crippen LogP contribution in [0.2, 0.25) is 5.02 Å². The molecule has 1 atom stereocenters. The number of rotatable bonds is 11. The van der Waals surface area contributed by atoms with Crippen molar-refractivity contribution in [3.63, 3.8) is 0 Å². The van der Waals surface area contributed by atoms with Gasteiger partial charge in [0.15, 0.2) is 0 Å². The standard InChI is InChI=1S/C17H29ClN2O/c1-4-11-19-17(15-8-6-7-9-16(15)18)10-12-20(3)13-14-21-5-2/h6-9,17,19H,4-5,10-14H2,1-3H3. The second-order valence-electron chi connectivity index (χ2n) is 5.32. The van der Waals surface area contributed by atoms with Crippen molar-refractivity contribution in [3.05, 3.63) is 34.9 Å². The number of nitrogens with one attached hydrogen (secondary N) is 1. The first-order valence-corrected chi connectivity index (χ1v) is 8.30. The maximum atomic E-state index is 6.34. The maximum absolute atomic E-state index is 6.34. The van der Waals surface area contributed by atoms with Gasteiger partial charge in [-0.2, -0.15) is 0 Å². The summed E-state index contributed by atoms with van der Waals surface area (Å²) in [4.78, 5) is 2.31. The molecule has 21 heavy (non-hydrogen) atoms. The minimum Gasteiger partial charge on any atom is -0.380 e. The largest absolute Gasteiger partial charge is 0.380 e. The Morgan fingerprint density at radius 2 is 2.00 bits per heavy atom. The van der Waals surface area contributed by atoms with E-state index in [-0.39, 0.29) is 0 Å². The van der Waals surface area contributed by atoms with Crippen LogP contribution in [0, 0.1) is 0 Å². The molecule has 3 nitrogen and oxygen atoms in total. The Labute approximate surface area is 134 Å². The fourth-order valence-electron chi connectivity index (χ4n) is 2.27. The highest BCUT2D eigenvalue weighted by Gasteiger charge is 2.14. The molecule has 0 bridgehead atoms. The van der Waals surface area contributed by atoms with E-state index in [4.69, 9.17) is 16.3 Å². The number of benzene rings is 1. The zero-order chi connectivity index (χ0) is 15.5. The Morgan fingerprint density at radius 1 is 1.24 bits per heavy atom. The highest BCUT2D eigenvalue weighted by Crippen LogP contribution is 2.25. The van der Waals surface area contributed by atoms with Crippen LogP contribution in [0.1, 0.15) is 38.3 Å². The number of ether oxygens (including phenoxy) is 1. The number of halogens is 1. The highest BCUT2D eigenvalue weighted by atomic mass is 35.5. The van der Waals surface area contributed by atoms with Crippen molar-refractivity contribution in [1.29, 1.82) is 0 Å². The first-order chi connectivity index (χ1) is 10.2. The minimum atomic E-state index is 0.313. The van der Waals surface area contributed by atoms with Gasteiger partial charge < -0.3 is 15.0 Å². The lowest BCUT2D eigenvalue weighted by Gasteiger charge is -2.23. The molecule has 0 aliphatic rings. The number of nitrogens with zero attached hydrogens (tertiary/aromatic N) is 1. The van der Waals surface area contributed by atoms with Crippen molar-refractivity contribution in [1.82, 2.24) is 10.2 Å². The third-order valence-corrected chi connectivity index (χ3v) is 3.89. The van der Waals surface area contributed by atoms with Crippen LogP contribution in [0.25, 0.3) is 0 Å². The lowest BCUT2D eigenvalue weighted by molar-refractivity contribution is 0.121. The molecule has 120 valence electrons. The minimum absolute atomic E-state index is 0.313. The van der Waals surface area contributed by atoms with Crippen molar-refractivity contribution < 1.29 is 4.74 Å². The summed E-state index contributed by atoms with van der Waals surface area (Å²) in [7, 11) is 2.14. The van der Waals surface area contributed by atoms with Crippen LogP contribution < -0.4 is 5.32 Å². The van der Waals surface area contributed by atoms with Crippen molar-refractivity contribution in [3.8, 4) is 0 Å². The summed E-state index contributed by atoms with van der Waals surface area (Å²) < 4.78 is 5.40. The molecule has 0 aliphatic carbocycles. The van der Waals surface area contributed by atoms with E-state index in [1.54, 1.807) is 0 Å². The van der Waals surface area contributed by atoms with E-state index in [0.29, 0.717) is 6.04 Å². The smallest absolute Gasteiger partial charge is 0.0593 e. The van der Waals surface area contributed by atoms with E-state index in [1.807, 2.05) is 19.1 Å². The van der Waals surface area contributed by atoms with Gasteiger partial charge in [0.05, 0.1) is 6.61 Å². The van der Waals surface area contributed by atoms with Crippen LogP contribution in [-0.4, -0.2) is 44.8 Å². The molecular formula is C17H29ClN2O. The molecule has 0 spiro atoms. The van der Waals surface area contributed by atoms with Crippen LogP contribution in [0.4, 0.5) is 0 Å². The Bertz CT molecular complexity index is 387. The van der Waals surface area contributed by atoms with Gasteiger partial charge in [-0.25, -0.2) is 0 Å². The molecule has 0 radical (unpaired) electrons. The van der Waals surface area contributed by atoms with E-state index in [9.17, 15) is 0 Å². The van der Waals surface area contributed by atoms with E-state index in [1.165, 1.54) is 5.56 Å². The van der Waals surface area contributed by atoms with Gasteiger partial charge in [0.25, 0.3) is 0 Å². The normalized spacial score (nSPS) is 12.8. The van der Waals surface area contributed by atoms with Gasteiger partial charge in [-0.1, -0.05) is 36.7 Å². The average molecular weight is 313 g/mol. The van der Waals surface area contributed by atoms with Crippen molar-refractivity contribution in [2.75, 3.05) is 39.9 Å². The number of hydrogen-bond donors (Lipinski definition) is 1. The molecule has 0 heterocycles. The zero-order valence-corrected chi connectivity index (χ0v) is 14.3. The fourth-order valence-corrected chi connectivity index (χ4v) is 2.54. The summed E-state index contributed by atoms with van der Waals surface area (Å²) in [6.07, 6.45) is 2.17. The van der Waals surface area contributed by atoms with Crippen LogP contribution in [0.15, 0.2) is 24.3 Å². The summed E-state index contributed by atoms with van der Waals surface area (Å²) >= 11 is 6.34. The lowest BCUT2D eigenvalue weighted by Crippen LogP contribution is -2.30. The van der Waals surface area contributed by atoms with E-state index < -0.39 is 0 Å². The summed E-state index contributed by atoms with van der Waals surface area (Å²) in [5.74, 6) is 0. The number of hydrogen-bond acceptors (Lipinski definition) is 3. The molecule has 0 saturated heterocycles. The van der Waals surface area contributed by atoms with E-state index >= 15 is 0 Å². The number of likely N-dealkylation sites (N-methyl/N-ethyl adjacent to an activating group) is 1. The quantitative estimate of drug-likeness (QED) is 0.630. The molecule has 4 heteroatoms. The van der Waals surface area contributed by atoms with Gasteiger partial charge in [0, 0.05) is 24.2 Å². The SMILES string of the molecule is CCCNC(CCN(C)CCOCC)c1ccccc1Cl. The van der Waals surface area contributed by atoms with Crippen LogP contribution in [0.3, 0.4) is 0 Å². The molecule has 1 unspecified atom stereocenters. The first kappa shape index (κ1) is 18.4. The Balaban J connectivity index is 2.52. The van der Waals surface area contributed by atoms with Gasteiger partial charge in [-0.15, -0.1) is 0 Å². The summed E-state index contributed by atoms with van der Waals surface area (Å²) in [6.45, 7) is 8.81. The van der Waals surface area contributed by atoms with E-state index in [2.05, 4.69) is 36.3 Å². The van der Waals surface area contributed by atoms with Gasteiger partial charge in [-0.05, 0) is 51.5 Å². The second-order valence-corrected chi connectivity index (χ2v) is 5.72. The molecule has 1 aromatic carbocycles. The predicted octanol–water partition coefficient (Wildman–Crippen LogP) is 3.74. The third-order valence-electron chi connectivity index (χ3n) is 3.54. The molecule has 0 aromatic heterocycles. The van der Waals surface area contributed by atoms with Crippen LogP contribution >= 0.6 is 11.6 Å². The predicted molar refractivity (Wildman–Crippen MR) is 91.1 cm³/mol. The Kier molecular flexibility index (Phi) is 9.68. The molecule has 0 aliphatic heterocycles. The maximum Gasteiger partial charge on any atom is 0.0593 e. The Morgan fingerprint density at radius 3 is 2.67 bits per heavy atom.